The molecule has 1 amide bonds. The van der Waals surface area contributed by atoms with Gasteiger partial charge in [0.25, 0.3) is 0 Å². The van der Waals surface area contributed by atoms with E-state index in [2.05, 4.69) is 15.4 Å². The van der Waals surface area contributed by atoms with Crippen LogP contribution >= 0.6 is 0 Å². The van der Waals surface area contributed by atoms with Crippen LogP contribution in [0.4, 0.5) is 10.2 Å². The van der Waals surface area contributed by atoms with Gasteiger partial charge in [0.15, 0.2) is 5.82 Å². The van der Waals surface area contributed by atoms with E-state index >= 15 is 0 Å². The molecule has 36 heavy (non-hydrogen) atoms. The number of nitrogens with zero attached hydrogens (tertiary/aromatic N) is 3. The molecule has 2 N–H and O–H groups in total. The molecular weight excluding hydrogens is 459 g/mol. The van der Waals surface area contributed by atoms with Crippen molar-refractivity contribution >= 4 is 11.7 Å². The maximum Gasteiger partial charge on any atom is 0.231 e. The van der Waals surface area contributed by atoms with Crippen molar-refractivity contribution in [3.63, 3.8) is 0 Å². The fraction of sp³-hybridized carbons (Fsp3) is 0.250. The quantitative estimate of drug-likeness (QED) is 0.343. The highest BCUT2D eigenvalue weighted by Crippen LogP contribution is 2.40. The minimum absolute atomic E-state index is 0.0709. The van der Waals surface area contributed by atoms with Crippen molar-refractivity contribution in [3.05, 3.63) is 101 Å². The number of nitrogens with one attached hydrogen (secondary N) is 1. The van der Waals surface area contributed by atoms with Crippen LogP contribution in [-0.2, 0) is 24.4 Å². The Labute approximate surface area is 208 Å². The number of carbonyl (C=O) groups is 1. The molecule has 2 heterocycles. The van der Waals surface area contributed by atoms with Crippen LogP contribution in [0.5, 0.6) is 11.5 Å². The Morgan fingerprint density at radius 1 is 1.14 bits per heavy atom. The molecule has 0 saturated heterocycles. The van der Waals surface area contributed by atoms with Crippen LogP contribution in [0.2, 0.25) is 0 Å². The van der Waals surface area contributed by atoms with E-state index < -0.39 is 0 Å². The van der Waals surface area contributed by atoms with Crippen molar-refractivity contribution in [2.24, 2.45) is 0 Å². The highest BCUT2D eigenvalue weighted by Gasteiger charge is 2.24. The van der Waals surface area contributed by atoms with Gasteiger partial charge in [0, 0.05) is 34.8 Å². The molecule has 5 rings (SSSR count). The van der Waals surface area contributed by atoms with Crippen LogP contribution in [0.15, 0.2) is 66.9 Å². The summed E-state index contributed by atoms with van der Waals surface area (Å²) in [6.07, 6.45) is 4.03. The summed E-state index contributed by atoms with van der Waals surface area (Å²) in [4.78, 5) is 16.6. The van der Waals surface area contributed by atoms with Crippen molar-refractivity contribution in [3.8, 4) is 11.5 Å². The average molecular weight is 487 g/mol. The number of halogens is 1. The first-order valence-electron chi connectivity index (χ1n) is 11.9. The molecule has 0 aliphatic heterocycles. The average Bonchev–Trinajstić information content (AvgIpc) is 3.64. The van der Waals surface area contributed by atoms with Crippen molar-refractivity contribution in [1.82, 2.24) is 14.8 Å². The third-order valence-electron chi connectivity index (χ3n) is 6.19. The fourth-order valence-corrected chi connectivity index (χ4v) is 4.08. The van der Waals surface area contributed by atoms with Gasteiger partial charge >= 0.3 is 0 Å². The molecule has 0 spiro atoms. The summed E-state index contributed by atoms with van der Waals surface area (Å²) in [6, 6.07) is 17.3. The number of hydrogen-bond donors (Lipinski definition) is 2. The normalized spacial score (nSPS) is 12.9. The van der Waals surface area contributed by atoms with Crippen LogP contribution in [0.25, 0.3) is 0 Å². The lowest BCUT2D eigenvalue weighted by molar-refractivity contribution is -0.115. The first-order chi connectivity index (χ1) is 17.4. The first kappa shape index (κ1) is 23.5. The molecular formula is C28H27FN4O3. The van der Waals surface area contributed by atoms with Gasteiger partial charge in [-0.05, 0) is 67.6 Å². The Hall–Kier alpha value is -4.20. The van der Waals surface area contributed by atoms with Crippen LogP contribution in [0, 0.1) is 12.7 Å². The molecule has 4 aromatic rings. The molecule has 1 saturated carbocycles. The van der Waals surface area contributed by atoms with Gasteiger partial charge < -0.3 is 15.2 Å². The van der Waals surface area contributed by atoms with Crippen LogP contribution in [0.1, 0.15) is 46.8 Å². The van der Waals surface area contributed by atoms with E-state index in [0.29, 0.717) is 40.9 Å². The lowest BCUT2D eigenvalue weighted by Crippen LogP contribution is -2.16. The van der Waals surface area contributed by atoms with Crippen molar-refractivity contribution in [2.45, 2.75) is 45.3 Å². The van der Waals surface area contributed by atoms with E-state index in [1.54, 1.807) is 53.3 Å². The zero-order valence-corrected chi connectivity index (χ0v) is 19.9. The molecule has 8 heteroatoms. The number of rotatable bonds is 9. The Balaban J connectivity index is 1.26. The number of pyridine rings is 1. The lowest BCUT2D eigenvalue weighted by Gasteiger charge is -2.14. The molecule has 0 bridgehead atoms. The predicted octanol–water partition coefficient (Wildman–Crippen LogP) is 5.12. The number of aryl methyl sites for hydroxylation is 1. The molecule has 184 valence electrons. The smallest absolute Gasteiger partial charge is 0.231 e. The Morgan fingerprint density at radius 2 is 2.00 bits per heavy atom. The Morgan fingerprint density at radius 3 is 2.75 bits per heavy atom. The predicted molar refractivity (Wildman–Crippen MR) is 133 cm³/mol. The van der Waals surface area contributed by atoms with Crippen molar-refractivity contribution in [2.75, 3.05) is 5.32 Å². The first-order valence-corrected chi connectivity index (χ1v) is 11.9. The van der Waals surface area contributed by atoms with Gasteiger partial charge in [-0.15, -0.1) is 0 Å². The van der Waals surface area contributed by atoms with Gasteiger partial charge in [0.1, 0.15) is 23.9 Å². The standard InChI is InChI=1S/C28H27FN4O3/c1-18-12-27(31-28(35)15-23-4-2-3-11-30-23)32-33(18)16-22-13-24(34)9-10-26(22)36-17-21-8-7-20(14-25(21)29)19-5-6-19/h2-4,7-14,19,34H,5-6,15-17H2,1H3,(H,31,32,35). The maximum atomic E-state index is 14.6. The summed E-state index contributed by atoms with van der Waals surface area (Å²) in [5.74, 6) is 1.04. The number of carbonyl (C=O) groups excluding carboxylic acids is 1. The van der Waals surface area contributed by atoms with E-state index in [4.69, 9.17) is 4.74 Å². The molecule has 0 atom stereocenters. The van der Waals surface area contributed by atoms with Gasteiger partial charge in [0.05, 0.1) is 13.0 Å². The molecule has 2 aromatic heterocycles. The van der Waals surface area contributed by atoms with Crippen LogP contribution < -0.4 is 10.1 Å². The number of amides is 1. The Bertz CT molecular complexity index is 1380. The summed E-state index contributed by atoms with van der Waals surface area (Å²) in [7, 11) is 0. The summed E-state index contributed by atoms with van der Waals surface area (Å²) in [6.45, 7) is 2.25. The zero-order chi connectivity index (χ0) is 25.1. The SMILES string of the molecule is Cc1cc(NC(=O)Cc2ccccn2)nn1Cc1cc(O)ccc1OCc1ccc(C2CC2)cc1F. The van der Waals surface area contributed by atoms with Crippen molar-refractivity contribution < 1.29 is 19.0 Å². The summed E-state index contributed by atoms with van der Waals surface area (Å²) in [5.41, 5.74) is 3.69. The number of hydrogen-bond acceptors (Lipinski definition) is 5. The maximum absolute atomic E-state index is 14.6. The number of anilines is 1. The largest absolute Gasteiger partial charge is 0.508 e. The number of phenols is 1. The minimum Gasteiger partial charge on any atom is -0.508 e. The highest BCUT2D eigenvalue weighted by atomic mass is 19.1. The second-order valence-corrected chi connectivity index (χ2v) is 9.08. The van der Waals surface area contributed by atoms with E-state index in [-0.39, 0.29) is 30.5 Å². The molecule has 1 fully saturated rings. The molecule has 0 radical (unpaired) electrons. The molecule has 0 unspecified atom stereocenters. The zero-order valence-electron chi connectivity index (χ0n) is 19.9. The number of benzene rings is 2. The van der Waals surface area contributed by atoms with Crippen molar-refractivity contribution in [1.29, 1.82) is 0 Å². The third kappa shape index (κ3) is 5.71. The van der Waals surface area contributed by atoms with Gasteiger partial charge in [-0.2, -0.15) is 5.10 Å². The van der Waals surface area contributed by atoms with E-state index in [1.165, 1.54) is 6.07 Å². The number of aromatic hydroxyl groups is 1. The summed E-state index contributed by atoms with van der Waals surface area (Å²) < 4.78 is 22.2. The monoisotopic (exact) mass is 486 g/mol. The Kier molecular flexibility index (Phi) is 6.66. The van der Waals surface area contributed by atoms with Gasteiger partial charge in [0.2, 0.25) is 5.91 Å². The van der Waals surface area contributed by atoms with Crippen LogP contribution in [-0.4, -0.2) is 25.8 Å². The van der Waals surface area contributed by atoms with Gasteiger partial charge in [-0.3, -0.25) is 14.5 Å². The van der Waals surface area contributed by atoms with E-state index in [0.717, 1.165) is 24.1 Å². The number of aromatic nitrogens is 3. The second kappa shape index (κ2) is 10.2. The number of phenolic OH excluding ortho intramolecular Hbond substituents is 1. The number of ether oxygens (including phenoxy) is 1. The van der Waals surface area contributed by atoms with Gasteiger partial charge in [-0.1, -0.05) is 18.2 Å². The van der Waals surface area contributed by atoms with E-state index in [9.17, 15) is 14.3 Å². The topological polar surface area (TPSA) is 89.3 Å². The summed E-state index contributed by atoms with van der Waals surface area (Å²) in [5, 5.41) is 17.3. The highest BCUT2D eigenvalue weighted by molar-refractivity contribution is 5.91. The second-order valence-electron chi connectivity index (χ2n) is 9.08. The fourth-order valence-electron chi connectivity index (χ4n) is 4.08. The molecule has 1 aliphatic rings. The molecule has 7 nitrogen and oxygen atoms in total. The molecule has 1 aliphatic carbocycles. The van der Waals surface area contributed by atoms with E-state index in [1.807, 2.05) is 19.1 Å². The lowest BCUT2D eigenvalue weighted by atomic mass is 10.1. The third-order valence-corrected chi connectivity index (χ3v) is 6.19. The minimum atomic E-state index is -0.270. The van der Waals surface area contributed by atoms with Gasteiger partial charge in [-0.25, -0.2) is 4.39 Å². The van der Waals surface area contributed by atoms with Crippen LogP contribution in [0.3, 0.4) is 0 Å². The summed E-state index contributed by atoms with van der Waals surface area (Å²) >= 11 is 0. The molecule has 2 aromatic carbocycles.